The van der Waals surface area contributed by atoms with Crippen LogP contribution in [-0.4, -0.2) is 17.2 Å². The summed E-state index contributed by atoms with van der Waals surface area (Å²) in [4.78, 5) is 9.80. The molecule has 0 fully saturated rings. The summed E-state index contributed by atoms with van der Waals surface area (Å²) in [5, 5.41) is 3.38. The second-order valence-corrected chi connectivity index (χ2v) is 10.0. The van der Waals surface area contributed by atoms with Gasteiger partial charge in [-0.2, -0.15) is 0 Å². The standard InChI is InChI=1S/C25H36N4/c1-23(2,3)19-16-12-13-17-20(19)28-21(26)22(27-18-14-10-9-11-15-18)29-25(7,8)24(4,5)6/h9-17H,1-8H3,(H2,26,28)(H,27,29). The number of hydrogen-bond acceptors (Lipinski definition) is 2. The third kappa shape index (κ3) is 5.93. The minimum Gasteiger partial charge on any atom is -0.381 e. The van der Waals surface area contributed by atoms with Gasteiger partial charge in [0.25, 0.3) is 0 Å². The molecule has 156 valence electrons. The fourth-order valence-corrected chi connectivity index (χ4v) is 2.64. The number of benzene rings is 2. The largest absolute Gasteiger partial charge is 0.381 e. The lowest BCUT2D eigenvalue weighted by Gasteiger charge is -2.35. The van der Waals surface area contributed by atoms with Gasteiger partial charge >= 0.3 is 0 Å². The van der Waals surface area contributed by atoms with Crippen molar-refractivity contribution in [3.63, 3.8) is 0 Å². The summed E-state index contributed by atoms with van der Waals surface area (Å²) in [5.74, 6) is 0.961. The Morgan fingerprint density at radius 1 is 0.793 bits per heavy atom. The van der Waals surface area contributed by atoms with E-state index in [1.807, 2.05) is 48.5 Å². The first-order valence-corrected chi connectivity index (χ1v) is 10.2. The quantitative estimate of drug-likeness (QED) is 0.475. The average molecular weight is 393 g/mol. The number of rotatable bonds is 3. The fraction of sp³-hybridized carbons (Fsp3) is 0.440. The number of nitrogens with one attached hydrogen (secondary N) is 1. The molecule has 0 spiro atoms. The minimum absolute atomic E-state index is 0.0325. The van der Waals surface area contributed by atoms with Gasteiger partial charge in [-0.25, -0.2) is 4.99 Å². The summed E-state index contributed by atoms with van der Waals surface area (Å²) >= 11 is 0. The van der Waals surface area contributed by atoms with Crippen LogP contribution in [0.4, 0.5) is 11.4 Å². The summed E-state index contributed by atoms with van der Waals surface area (Å²) in [6.45, 7) is 17.3. The van der Waals surface area contributed by atoms with E-state index in [-0.39, 0.29) is 16.4 Å². The monoisotopic (exact) mass is 392 g/mol. The highest BCUT2D eigenvalue weighted by Crippen LogP contribution is 2.34. The van der Waals surface area contributed by atoms with Crippen LogP contribution in [0.5, 0.6) is 0 Å². The number of para-hydroxylation sites is 2. The van der Waals surface area contributed by atoms with Crippen molar-refractivity contribution in [2.75, 3.05) is 5.32 Å². The number of aliphatic imine (C=N–C) groups is 2. The third-order valence-electron chi connectivity index (χ3n) is 5.46. The van der Waals surface area contributed by atoms with Crippen LogP contribution >= 0.6 is 0 Å². The molecule has 0 aromatic heterocycles. The van der Waals surface area contributed by atoms with Gasteiger partial charge in [0.2, 0.25) is 0 Å². The number of hydrogen-bond donors (Lipinski definition) is 2. The first-order valence-electron chi connectivity index (χ1n) is 10.2. The van der Waals surface area contributed by atoms with Crippen LogP contribution in [0.15, 0.2) is 64.6 Å². The summed E-state index contributed by atoms with van der Waals surface area (Å²) in [6.07, 6.45) is 0. The lowest BCUT2D eigenvalue weighted by molar-refractivity contribution is 0.233. The van der Waals surface area contributed by atoms with E-state index in [0.717, 1.165) is 16.9 Å². The Labute approximate surface area is 176 Å². The van der Waals surface area contributed by atoms with Gasteiger partial charge < -0.3 is 11.1 Å². The smallest absolute Gasteiger partial charge is 0.169 e. The van der Waals surface area contributed by atoms with Crippen LogP contribution < -0.4 is 11.1 Å². The van der Waals surface area contributed by atoms with Gasteiger partial charge in [0.1, 0.15) is 0 Å². The molecule has 0 aliphatic carbocycles. The molecule has 4 nitrogen and oxygen atoms in total. The Bertz CT molecular complexity index is 879. The molecule has 0 amide bonds. The Morgan fingerprint density at radius 2 is 1.34 bits per heavy atom. The molecule has 0 aliphatic heterocycles. The Balaban J connectivity index is 2.56. The van der Waals surface area contributed by atoms with E-state index in [9.17, 15) is 0 Å². The molecular formula is C25H36N4. The summed E-state index contributed by atoms with van der Waals surface area (Å²) in [5.41, 5.74) is 9.05. The van der Waals surface area contributed by atoms with Crippen LogP contribution in [-0.2, 0) is 5.41 Å². The van der Waals surface area contributed by atoms with Gasteiger partial charge in [-0.1, -0.05) is 77.9 Å². The topological polar surface area (TPSA) is 62.8 Å². The van der Waals surface area contributed by atoms with Crippen molar-refractivity contribution >= 4 is 23.0 Å². The van der Waals surface area contributed by atoms with E-state index < -0.39 is 0 Å². The van der Waals surface area contributed by atoms with Gasteiger partial charge in [0, 0.05) is 5.69 Å². The van der Waals surface area contributed by atoms with E-state index in [1.54, 1.807) is 0 Å². The van der Waals surface area contributed by atoms with Crippen molar-refractivity contribution < 1.29 is 0 Å². The van der Waals surface area contributed by atoms with Gasteiger partial charge in [-0.3, -0.25) is 4.99 Å². The molecule has 0 radical (unpaired) electrons. The molecular weight excluding hydrogens is 356 g/mol. The molecule has 0 saturated carbocycles. The van der Waals surface area contributed by atoms with Gasteiger partial charge in [-0.15, -0.1) is 0 Å². The summed E-state index contributed by atoms with van der Waals surface area (Å²) < 4.78 is 0. The summed E-state index contributed by atoms with van der Waals surface area (Å²) in [6, 6.07) is 18.1. The van der Waals surface area contributed by atoms with Crippen molar-refractivity contribution in [2.24, 2.45) is 21.1 Å². The van der Waals surface area contributed by atoms with Crippen molar-refractivity contribution in [3.8, 4) is 0 Å². The van der Waals surface area contributed by atoms with Crippen LogP contribution in [0, 0.1) is 5.41 Å². The number of anilines is 1. The molecule has 2 aromatic rings. The van der Waals surface area contributed by atoms with E-state index in [4.69, 9.17) is 15.7 Å². The zero-order valence-corrected chi connectivity index (χ0v) is 19.2. The molecule has 4 heteroatoms. The maximum absolute atomic E-state index is 6.52. The van der Waals surface area contributed by atoms with Crippen LogP contribution in [0.3, 0.4) is 0 Å². The van der Waals surface area contributed by atoms with E-state index in [0.29, 0.717) is 11.7 Å². The lowest BCUT2D eigenvalue weighted by atomic mass is 9.77. The number of amidine groups is 2. The third-order valence-corrected chi connectivity index (χ3v) is 5.46. The van der Waals surface area contributed by atoms with Crippen LogP contribution in [0.1, 0.15) is 61.0 Å². The maximum Gasteiger partial charge on any atom is 0.169 e. The Hall–Kier alpha value is -2.62. The van der Waals surface area contributed by atoms with E-state index in [2.05, 4.69) is 66.8 Å². The predicted molar refractivity (Wildman–Crippen MR) is 127 cm³/mol. The second kappa shape index (κ2) is 8.40. The zero-order valence-electron chi connectivity index (χ0n) is 19.2. The Morgan fingerprint density at radius 3 is 1.90 bits per heavy atom. The van der Waals surface area contributed by atoms with Crippen LogP contribution in [0.25, 0.3) is 0 Å². The van der Waals surface area contributed by atoms with Crippen LogP contribution in [0.2, 0.25) is 0 Å². The van der Waals surface area contributed by atoms with Crippen molar-refractivity contribution in [1.82, 2.24) is 0 Å². The van der Waals surface area contributed by atoms with Gasteiger partial charge in [0.05, 0.1) is 11.2 Å². The highest BCUT2D eigenvalue weighted by atomic mass is 15.1. The zero-order chi connectivity index (χ0) is 21.9. The molecule has 0 saturated heterocycles. The predicted octanol–water partition coefficient (Wildman–Crippen LogP) is 6.31. The highest BCUT2D eigenvalue weighted by molar-refractivity contribution is 6.44. The lowest BCUT2D eigenvalue weighted by Crippen LogP contribution is -2.40. The number of nitrogens with zero attached hydrogens (tertiary/aromatic N) is 2. The Kier molecular flexibility index (Phi) is 6.56. The van der Waals surface area contributed by atoms with Crippen molar-refractivity contribution in [2.45, 2.75) is 66.3 Å². The average Bonchev–Trinajstić information content (AvgIpc) is 2.60. The van der Waals surface area contributed by atoms with Gasteiger partial charge in [0.15, 0.2) is 11.7 Å². The minimum atomic E-state index is -0.339. The van der Waals surface area contributed by atoms with Crippen molar-refractivity contribution in [3.05, 3.63) is 60.2 Å². The number of nitrogens with two attached hydrogens (primary N) is 1. The molecule has 2 aromatic carbocycles. The molecule has 29 heavy (non-hydrogen) atoms. The summed E-state index contributed by atoms with van der Waals surface area (Å²) in [7, 11) is 0. The molecule has 2 rings (SSSR count). The molecule has 0 heterocycles. The second-order valence-electron chi connectivity index (χ2n) is 10.0. The SMILES string of the molecule is CC(C)(C)c1ccccc1N=C(N)C(=NC(C)(C)C(C)(C)C)Nc1ccccc1. The van der Waals surface area contributed by atoms with Crippen molar-refractivity contribution in [1.29, 1.82) is 0 Å². The van der Waals surface area contributed by atoms with E-state index >= 15 is 0 Å². The maximum atomic E-state index is 6.52. The normalized spacial score (nSPS) is 14.1. The molecule has 0 bridgehead atoms. The highest BCUT2D eigenvalue weighted by Gasteiger charge is 2.33. The van der Waals surface area contributed by atoms with Gasteiger partial charge in [-0.05, 0) is 48.4 Å². The molecule has 0 aliphatic rings. The molecule has 3 N–H and O–H groups in total. The first-order chi connectivity index (χ1) is 13.3. The molecule has 0 atom stereocenters. The molecule has 0 unspecified atom stereocenters. The fourth-order valence-electron chi connectivity index (χ4n) is 2.64. The first kappa shape index (κ1) is 22.7. The van der Waals surface area contributed by atoms with E-state index in [1.165, 1.54) is 0 Å².